The number of hydrogen-bond acceptors (Lipinski definition) is 3. The van der Waals surface area contributed by atoms with Gasteiger partial charge in [0.15, 0.2) is 0 Å². The zero-order valence-corrected chi connectivity index (χ0v) is 18.5. The molecular formula is C25H28N4O2. The predicted molar refractivity (Wildman–Crippen MR) is 120 cm³/mol. The Hall–Kier alpha value is -3.15. The van der Waals surface area contributed by atoms with Crippen molar-refractivity contribution < 1.29 is 9.59 Å². The summed E-state index contributed by atoms with van der Waals surface area (Å²) in [5.41, 5.74) is 5.19. The lowest BCUT2D eigenvalue weighted by Gasteiger charge is -2.61. The van der Waals surface area contributed by atoms with E-state index in [0.29, 0.717) is 18.5 Å². The van der Waals surface area contributed by atoms with Crippen LogP contribution in [0, 0.1) is 5.41 Å². The van der Waals surface area contributed by atoms with Crippen molar-refractivity contribution in [2.75, 3.05) is 13.6 Å². The highest BCUT2D eigenvalue weighted by Gasteiger charge is 2.57. The summed E-state index contributed by atoms with van der Waals surface area (Å²) in [6.45, 7) is 7.54. The van der Waals surface area contributed by atoms with Crippen LogP contribution >= 0.6 is 0 Å². The number of amides is 2. The van der Waals surface area contributed by atoms with Gasteiger partial charge in [0.1, 0.15) is 0 Å². The number of rotatable bonds is 2. The van der Waals surface area contributed by atoms with E-state index in [1.54, 1.807) is 13.4 Å². The number of likely N-dealkylation sites (tertiary alicyclic amines) is 1. The van der Waals surface area contributed by atoms with E-state index in [1.165, 1.54) is 5.56 Å². The van der Waals surface area contributed by atoms with Crippen LogP contribution in [-0.2, 0) is 11.8 Å². The van der Waals surface area contributed by atoms with Gasteiger partial charge in [-0.05, 0) is 53.6 Å². The van der Waals surface area contributed by atoms with Crippen LogP contribution in [0.3, 0.4) is 0 Å². The van der Waals surface area contributed by atoms with Crippen molar-refractivity contribution in [1.82, 2.24) is 20.2 Å². The topological polar surface area (TPSA) is 78.1 Å². The molecule has 1 aliphatic heterocycles. The maximum Gasteiger partial charge on any atom is 0.254 e. The molecule has 31 heavy (non-hydrogen) atoms. The van der Waals surface area contributed by atoms with Gasteiger partial charge in [0.25, 0.3) is 11.8 Å². The summed E-state index contributed by atoms with van der Waals surface area (Å²) in [4.78, 5) is 35.6. The van der Waals surface area contributed by atoms with Gasteiger partial charge >= 0.3 is 0 Å². The number of aromatic amines is 1. The monoisotopic (exact) mass is 416 g/mol. The maximum atomic E-state index is 13.7. The van der Waals surface area contributed by atoms with E-state index in [9.17, 15) is 9.59 Å². The molecule has 2 bridgehead atoms. The minimum Gasteiger partial charge on any atom is -0.355 e. The molecule has 2 aliphatic rings. The van der Waals surface area contributed by atoms with Crippen molar-refractivity contribution in [2.24, 2.45) is 5.41 Å². The molecule has 0 saturated carbocycles. The first kappa shape index (κ1) is 19.8. The average molecular weight is 417 g/mol. The highest BCUT2D eigenvalue weighted by molar-refractivity contribution is 5.98. The van der Waals surface area contributed by atoms with E-state index in [2.05, 4.69) is 42.1 Å². The molecule has 5 rings (SSSR count). The van der Waals surface area contributed by atoms with Crippen LogP contribution in [0.25, 0.3) is 11.0 Å². The number of benzene rings is 2. The van der Waals surface area contributed by atoms with Crippen molar-refractivity contribution in [2.45, 2.75) is 45.1 Å². The van der Waals surface area contributed by atoms with Gasteiger partial charge in [-0.2, -0.15) is 0 Å². The van der Waals surface area contributed by atoms with E-state index in [4.69, 9.17) is 0 Å². The Kier molecular flexibility index (Phi) is 4.26. The molecule has 1 aliphatic carbocycles. The molecule has 160 valence electrons. The number of nitrogens with zero attached hydrogens (tertiary/aromatic N) is 2. The third-order valence-electron chi connectivity index (χ3n) is 8.05. The molecule has 1 saturated heterocycles. The van der Waals surface area contributed by atoms with Crippen molar-refractivity contribution in [3.63, 3.8) is 0 Å². The van der Waals surface area contributed by atoms with Crippen LogP contribution in [0.15, 0.2) is 42.7 Å². The molecule has 2 atom stereocenters. The van der Waals surface area contributed by atoms with Crippen LogP contribution in [-0.4, -0.2) is 46.3 Å². The highest BCUT2D eigenvalue weighted by atomic mass is 16.2. The lowest BCUT2D eigenvalue weighted by Crippen LogP contribution is -2.65. The highest BCUT2D eigenvalue weighted by Crippen LogP contribution is 2.56. The number of fused-ring (bicyclic) bond motifs is 5. The second kappa shape index (κ2) is 6.67. The first-order valence-electron chi connectivity index (χ1n) is 10.9. The molecule has 0 spiro atoms. The number of hydrogen-bond donors (Lipinski definition) is 2. The molecule has 6 nitrogen and oxygen atoms in total. The van der Waals surface area contributed by atoms with Crippen LogP contribution in [0.1, 0.15) is 59.0 Å². The minimum atomic E-state index is -0.132. The summed E-state index contributed by atoms with van der Waals surface area (Å²) >= 11 is 0. The van der Waals surface area contributed by atoms with Crippen molar-refractivity contribution in [3.05, 3.63) is 65.0 Å². The summed E-state index contributed by atoms with van der Waals surface area (Å²) in [7, 11) is 1.67. The fourth-order valence-corrected chi connectivity index (χ4v) is 5.77. The summed E-state index contributed by atoms with van der Waals surface area (Å²) < 4.78 is 0. The lowest BCUT2D eigenvalue weighted by molar-refractivity contribution is -0.0263. The number of aromatic nitrogens is 2. The van der Waals surface area contributed by atoms with Gasteiger partial charge in [-0.25, -0.2) is 4.98 Å². The van der Waals surface area contributed by atoms with Crippen LogP contribution in [0.4, 0.5) is 0 Å². The summed E-state index contributed by atoms with van der Waals surface area (Å²) in [6, 6.07) is 11.7. The molecule has 1 aromatic heterocycles. The summed E-state index contributed by atoms with van der Waals surface area (Å²) in [6.07, 6.45) is 3.19. The first-order chi connectivity index (χ1) is 14.8. The molecule has 0 radical (unpaired) electrons. The Morgan fingerprint density at radius 3 is 2.77 bits per heavy atom. The normalized spacial score (nSPS) is 24.0. The molecule has 2 amide bonds. The van der Waals surface area contributed by atoms with Gasteiger partial charge < -0.3 is 15.2 Å². The third kappa shape index (κ3) is 2.67. The standard InChI is InChI=1S/C25H28N4O2/c1-24(2)21-13-17-16(22(30)26-4)6-5-7-18(17)25(24,3)10-11-29(21)23(31)15-8-9-19-20(12-15)28-14-27-19/h5-9,12,14,21H,10-11,13H2,1-4H3,(H,26,30)(H,27,28)/t21-,25+/m1/s1. The van der Waals surface area contributed by atoms with Crippen molar-refractivity contribution in [3.8, 4) is 0 Å². The van der Waals surface area contributed by atoms with Gasteiger partial charge in [0.2, 0.25) is 0 Å². The Bertz CT molecular complexity index is 1210. The average Bonchev–Trinajstić information content (AvgIpc) is 3.23. The zero-order valence-electron chi connectivity index (χ0n) is 18.5. The summed E-state index contributed by atoms with van der Waals surface area (Å²) in [5, 5.41) is 2.78. The van der Waals surface area contributed by atoms with Crippen molar-refractivity contribution in [1.29, 1.82) is 0 Å². The van der Waals surface area contributed by atoms with Gasteiger partial charge in [-0.15, -0.1) is 0 Å². The first-order valence-corrected chi connectivity index (χ1v) is 10.9. The van der Waals surface area contributed by atoms with Gasteiger partial charge in [-0.3, -0.25) is 9.59 Å². The number of piperidine rings is 1. The van der Waals surface area contributed by atoms with Gasteiger partial charge in [0, 0.05) is 36.2 Å². The smallest absolute Gasteiger partial charge is 0.254 e. The zero-order chi connectivity index (χ0) is 22.0. The minimum absolute atomic E-state index is 0.00881. The Labute approximate surface area is 182 Å². The van der Waals surface area contributed by atoms with Crippen LogP contribution in [0.5, 0.6) is 0 Å². The molecule has 2 heterocycles. The second-order valence-corrected chi connectivity index (χ2v) is 9.57. The van der Waals surface area contributed by atoms with E-state index < -0.39 is 0 Å². The molecule has 2 aromatic carbocycles. The number of imidazole rings is 1. The van der Waals surface area contributed by atoms with E-state index in [1.807, 2.05) is 35.2 Å². The fourth-order valence-electron chi connectivity index (χ4n) is 5.77. The van der Waals surface area contributed by atoms with Crippen molar-refractivity contribution >= 4 is 22.8 Å². The third-order valence-corrected chi connectivity index (χ3v) is 8.05. The molecule has 1 fully saturated rings. The van der Waals surface area contributed by atoms with E-state index >= 15 is 0 Å². The largest absolute Gasteiger partial charge is 0.355 e. The number of carbonyl (C=O) groups is 2. The lowest BCUT2D eigenvalue weighted by atomic mass is 9.50. The Morgan fingerprint density at radius 1 is 1.19 bits per heavy atom. The second-order valence-electron chi connectivity index (χ2n) is 9.57. The van der Waals surface area contributed by atoms with Crippen LogP contribution < -0.4 is 5.32 Å². The molecule has 3 aromatic rings. The predicted octanol–water partition coefficient (Wildman–Crippen LogP) is 3.68. The quantitative estimate of drug-likeness (QED) is 0.669. The molecule has 2 N–H and O–H groups in total. The van der Waals surface area contributed by atoms with Gasteiger partial charge in [0.05, 0.1) is 17.4 Å². The number of H-pyrrole nitrogens is 1. The number of nitrogens with one attached hydrogen (secondary N) is 2. The maximum absolute atomic E-state index is 13.7. The van der Waals surface area contributed by atoms with E-state index in [-0.39, 0.29) is 28.7 Å². The molecule has 0 unspecified atom stereocenters. The van der Waals surface area contributed by atoms with Gasteiger partial charge in [-0.1, -0.05) is 32.9 Å². The molecular weight excluding hydrogens is 388 g/mol. The summed E-state index contributed by atoms with van der Waals surface area (Å²) in [5.74, 6) is -0.0294. The van der Waals surface area contributed by atoms with E-state index in [0.717, 1.165) is 28.6 Å². The SMILES string of the molecule is CNC(=O)c1cccc2c1C[C@H]1N(C(=O)c3ccc4nc[nH]c4c3)CC[C@]2(C)C1(C)C. The number of carbonyl (C=O) groups excluding carboxylic acids is 2. The molecule has 6 heteroatoms. The Morgan fingerprint density at radius 2 is 2.00 bits per heavy atom. The fraction of sp³-hybridized carbons (Fsp3) is 0.400. The van der Waals surface area contributed by atoms with Crippen LogP contribution in [0.2, 0.25) is 0 Å². The Balaban J connectivity index is 1.59.